The van der Waals surface area contributed by atoms with E-state index in [1.807, 2.05) is 30.3 Å². The maximum Gasteiger partial charge on any atom is 0.122 e. The van der Waals surface area contributed by atoms with Gasteiger partial charge in [0.2, 0.25) is 0 Å². The molecule has 0 aliphatic rings. The zero-order valence-electron chi connectivity index (χ0n) is 9.27. The van der Waals surface area contributed by atoms with Crippen LogP contribution in [0.4, 0.5) is 0 Å². The average Bonchev–Trinajstić information content (AvgIpc) is 2.38. The summed E-state index contributed by atoms with van der Waals surface area (Å²) in [6.07, 6.45) is 0. The molecule has 0 atom stereocenters. The van der Waals surface area contributed by atoms with Crippen molar-refractivity contribution in [3.8, 4) is 0 Å². The molecule has 0 radical (unpaired) electrons. The topological polar surface area (TPSA) is 49.9 Å². The molecule has 0 aliphatic carbocycles. The highest BCUT2D eigenvalue weighted by molar-refractivity contribution is 6.09. The summed E-state index contributed by atoms with van der Waals surface area (Å²) in [6.45, 7) is 0. The van der Waals surface area contributed by atoms with Crippen molar-refractivity contribution in [1.82, 2.24) is 0 Å². The zero-order valence-corrected chi connectivity index (χ0v) is 9.27. The number of rotatable bonds is 1. The van der Waals surface area contributed by atoms with Crippen LogP contribution in [0.15, 0.2) is 54.6 Å². The number of benzene rings is 3. The van der Waals surface area contributed by atoms with Gasteiger partial charge in [-0.05, 0) is 27.6 Å². The summed E-state index contributed by atoms with van der Waals surface area (Å²) in [5.74, 6) is 0.111. The van der Waals surface area contributed by atoms with E-state index in [1.54, 1.807) is 0 Å². The average molecular weight is 220 g/mol. The van der Waals surface area contributed by atoms with Crippen LogP contribution in [0.3, 0.4) is 0 Å². The smallest absolute Gasteiger partial charge is 0.122 e. The van der Waals surface area contributed by atoms with Gasteiger partial charge in [-0.15, -0.1) is 0 Å². The van der Waals surface area contributed by atoms with Crippen LogP contribution < -0.4 is 5.73 Å². The first-order chi connectivity index (χ1) is 8.25. The summed E-state index contributed by atoms with van der Waals surface area (Å²) >= 11 is 0. The Hall–Kier alpha value is -2.35. The maximum atomic E-state index is 7.45. The first-order valence-electron chi connectivity index (χ1n) is 5.51. The molecule has 0 fully saturated rings. The van der Waals surface area contributed by atoms with E-state index < -0.39 is 0 Å². The van der Waals surface area contributed by atoms with Gasteiger partial charge in [0.05, 0.1) is 0 Å². The molecule has 0 unspecified atom stereocenters. The van der Waals surface area contributed by atoms with Crippen LogP contribution in [0.1, 0.15) is 5.56 Å². The van der Waals surface area contributed by atoms with Gasteiger partial charge in [-0.3, -0.25) is 5.41 Å². The third-order valence-corrected chi connectivity index (χ3v) is 3.06. The van der Waals surface area contributed by atoms with E-state index in [0.29, 0.717) is 0 Å². The predicted molar refractivity (Wildman–Crippen MR) is 72.5 cm³/mol. The summed E-state index contributed by atoms with van der Waals surface area (Å²) < 4.78 is 0. The molecule has 0 heterocycles. The number of nitrogens with one attached hydrogen (secondary N) is 1. The number of nitrogen functional groups attached to an aromatic ring is 1. The lowest BCUT2D eigenvalue weighted by molar-refractivity contribution is 1.43. The van der Waals surface area contributed by atoms with Crippen molar-refractivity contribution in [2.45, 2.75) is 0 Å². The Morgan fingerprint density at radius 1 is 0.824 bits per heavy atom. The highest BCUT2D eigenvalue weighted by Gasteiger charge is 2.02. The van der Waals surface area contributed by atoms with Gasteiger partial charge in [-0.2, -0.15) is 0 Å². The second-order valence-electron chi connectivity index (χ2n) is 4.14. The molecule has 0 saturated carbocycles. The number of fused-ring (bicyclic) bond motifs is 3. The summed E-state index contributed by atoms with van der Waals surface area (Å²) in [7, 11) is 0. The third kappa shape index (κ3) is 1.54. The molecule has 3 aromatic carbocycles. The molecule has 3 rings (SSSR count). The lowest BCUT2D eigenvalue weighted by Gasteiger charge is -2.05. The molecule has 0 amide bonds. The molecule has 0 aromatic heterocycles. The molecule has 0 saturated heterocycles. The van der Waals surface area contributed by atoms with Gasteiger partial charge in [-0.25, -0.2) is 0 Å². The van der Waals surface area contributed by atoms with E-state index >= 15 is 0 Å². The summed E-state index contributed by atoms with van der Waals surface area (Å²) in [4.78, 5) is 0. The molecule has 2 nitrogen and oxygen atoms in total. The van der Waals surface area contributed by atoms with Crippen LogP contribution >= 0.6 is 0 Å². The van der Waals surface area contributed by atoms with Crippen LogP contribution in [0.25, 0.3) is 21.5 Å². The van der Waals surface area contributed by atoms with E-state index in [9.17, 15) is 0 Å². The molecule has 0 spiro atoms. The zero-order chi connectivity index (χ0) is 11.8. The SMILES string of the molecule is N=C(N)c1ccc2c(ccc3ccccc32)c1. The van der Waals surface area contributed by atoms with Crippen molar-refractivity contribution >= 4 is 27.4 Å². The highest BCUT2D eigenvalue weighted by Crippen LogP contribution is 2.25. The van der Waals surface area contributed by atoms with Crippen LogP contribution in [-0.2, 0) is 0 Å². The first kappa shape index (κ1) is 9.85. The lowest BCUT2D eigenvalue weighted by atomic mass is 10.00. The largest absolute Gasteiger partial charge is 0.384 e. The van der Waals surface area contributed by atoms with Crippen molar-refractivity contribution < 1.29 is 0 Å². The normalized spacial score (nSPS) is 10.8. The van der Waals surface area contributed by atoms with Crippen LogP contribution in [0.2, 0.25) is 0 Å². The fourth-order valence-electron chi connectivity index (χ4n) is 2.18. The number of nitrogens with two attached hydrogens (primary N) is 1. The van der Waals surface area contributed by atoms with Crippen molar-refractivity contribution in [2.24, 2.45) is 5.73 Å². The van der Waals surface area contributed by atoms with Gasteiger partial charge in [0, 0.05) is 5.56 Å². The fraction of sp³-hybridized carbons (Fsp3) is 0. The quantitative estimate of drug-likeness (QED) is 0.369. The van der Waals surface area contributed by atoms with Gasteiger partial charge >= 0.3 is 0 Å². The fourth-order valence-corrected chi connectivity index (χ4v) is 2.18. The molecular weight excluding hydrogens is 208 g/mol. The minimum absolute atomic E-state index is 0.111. The van der Waals surface area contributed by atoms with E-state index in [4.69, 9.17) is 11.1 Å². The maximum absolute atomic E-state index is 7.45. The molecule has 0 bridgehead atoms. The second kappa shape index (κ2) is 3.59. The molecular formula is C15H12N2. The van der Waals surface area contributed by atoms with E-state index in [2.05, 4.69) is 24.3 Å². The molecule has 2 heteroatoms. The number of hydrogen-bond acceptors (Lipinski definition) is 1. The summed E-state index contributed by atoms with van der Waals surface area (Å²) in [6, 6.07) is 18.4. The van der Waals surface area contributed by atoms with Gasteiger partial charge < -0.3 is 5.73 Å². The van der Waals surface area contributed by atoms with E-state index in [1.165, 1.54) is 16.2 Å². The minimum atomic E-state index is 0.111. The van der Waals surface area contributed by atoms with Crippen molar-refractivity contribution in [2.75, 3.05) is 0 Å². The van der Waals surface area contributed by atoms with Crippen LogP contribution in [-0.4, -0.2) is 5.84 Å². The third-order valence-electron chi connectivity index (χ3n) is 3.06. The summed E-state index contributed by atoms with van der Waals surface area (Å²) in [5, 5.41) is 12.2. The molecule has 0 aliphatic heterocycles. The molecule has 17 heavy (non-hydrogen) atoms. The number of hydrogen-bond donors (Lipinski definition) is 2. The van der Waals surface area contributed by atoms with Gasteiger partial charge in [0.15, 0.2) is 0 Å². The van der Waals surface area contributed by atoms with E-state index in [0.717, 1.165) is 10.9 Å². The van der Waals surface area contributed by atoms with Gasteiger partial charge in [0.1, 0.15) is 5.84 Å². The Morgan fingerprint density at radius 2 is 1.53 bits per heavy atom. The number of amidine groups is 1. The standard InChI is InChI=1S/C15H12N2/c16-15(17)12-7-8-14-11(9-12)6-5-10-3-1-2-4-13(10)14/h1-9H,(H3,16,17). The molecule has 3 aromatic rings. The highest BCUT2D eigenvalue weighted by atomic mass is 14.7. The Balaban J connectivity index is 2.41. The molecule has 3 N–H and O–H groups in total. The van der Waals surface area contributed by atoms with Gasteiger partial charge in [0.25, 0.3) is 0 Å². The van der Waals surface area contributed by atoms with Crippen LogP contribution in [0.5, 0.6) is 0 Å². The minimum Gasteiger partial charge on any atom is -0.384 e. The predicted octanol–water partition coefficient (Wildman–Crippen LogP) is 3.28. The van der Waals surface area contributed by atoms with E-state index in [-0.39, 0.29) is 5.84 Å². The van der Waals surface area contributed by atoms with Gasteiger partial charge in [-0.1, -0.05) is 48.5 Å². The van der Waals surface area contributed by atoms with Crippen LogP contribution in [0, 0.1) is 5.41 Å². The first-order valence-corrected chi connectivity index (χ1v) is 5.51. The summed E-state index contributed by atoms with van der Waals surface area (Å²) in [5.41, 5.74) is 6.27. The molecule has 82 valence electrons. The second-order valence-corrected chi connectivity index (χ2v) is 4.14. The van der Waals surface area contributed by atoms with Crippen molar-refractivity contribution in [3.63, 3.8) is 0 Å². The monoisotopic (exact) mass is 220 g/mol. The van der Waals surface area contributed by atoms with Crippen molar-refractivity contribution in [3.05, 3.63) is 60.2 Å². The Bertz CT molecular complexity index is 729. The Labute approximate surface area is 99.2 Å². The lowest BCUT2D eigenvalue weighted by Crippen LogP contribution is -2.10. The Morgan fingerprint density at radius 3 is 2.35 bits per heavy atom. The van der Waals surface area contributed by atoms with Crippen molar-refractivity contribution in [1.29, 1.82) is 5.41 Å². The Kier molecular flexibility index (Phi) is 2.08.